The SMILES string of the molecule is CC(C)n1cc(C2(O)CCCN(c3ncc(F)cn3)C2)nn1. The van der Waals surface area contributed by atoms with Gasteiger partial charge in [0.2, 0.25) is 5.95 Å². The Morgan fingerprint density at radius 2 is 2.05 bits per heavy atom. The van der Waals surface area contributed by atoms with Crippen LogP contribution in [0.2, 0.25) is 0 Å². The fourth-order valence-corrected chi connectivity index (χ4v) is 2.63. The van der Waals surface area contributed by atoms with Crippen LogP contribution in [0.1, 0.15) is 38.4 Å². The van der Waals surface area contributed by atoms with E-state index in [1.807, 2.05) is 18.7 Å². The predicted molar refractivity (Wildman–Crippen MR) is 77.7 cm³/mol. The van der Waals surface area contributed by atoms with Crippen molar-refractivity contribution in [1.29, 1.82) is 0 Å². The van der Waals surface area contributed by atoms with Crippen molar-refractivity contribution in [2.75, 3.05) is 18.0 Å². The molecule has 2 aromatic rings. The van der Waals surface area contributed by atoms with Gasteiger partial charge in [-0.05, 0) is 26.7 Å². The van der Waals surface area contributed by atoms with Crippen molar-refractivity contribution in [3.63, 3.8) is 0 Å². The molecule has 0 aromatic carbocycles. The first kappa shape index (κ1) is 14.8. The number of anilines is 1. The molecule has 1 saturated heterocycles. The first-order chi connectivity index (χ1) is 10.5. The van der Waals surface area contributed by atoms with E-state index in [4.69, 9.17) is 0 Å². The Hall–Kier alpha value is -2.09. The van der Waals surface area contributed by atoms with Crippen molar-refractivity contribution >= 4 is 5.95 Å². The van der Waals surface area contributed by atoms with Gasteiger partial charge in [-0.25, -0.2) is 19.0 Å². The number of rotatable bonds is 3. The number of β-amino-alcohol motifs (C(OH)–C–C–N with tert-alkyl or cyclic N) is 1. The van der Waals surface area contributed by atoms with Crippen LogP contribution in [0.3, 0.4) is 0 Å². The zero-order chi connectivity index (χ0) is 15.7. The lowest BCUT2D eigenvalue weighted by Crippen LogP contribution is -2.47. The average molecular weight is 306 g/mol. The minimum atomic E-state index is -1.09. The molecule has 1 unspecified atom stereocenters. The molecule has 1 atom stereocenters. The van der Waals surface area contributed by atoms with Gasteiger partial charge in [-0.3, -0.25) is 0 Å². The molecule has 0 aliphatic carbocycles. The highest BCUT2D eigenvalue weighted by Gasteiger charge is 2.38. The van der Waals surface area contributed by atoms with Crippen molar-refractivity contribution in [2.45, 2.75) is 38.3 Å². The van der Waals surface area contributed by atoms with Crippen molar-refractivity contribution in [2.24, 2.45) is 0 Å². The molecule has 1 N–H and O–H groups in total. The Morgan fingerprint density at radius 3 is 2.68 bits per heavy atom. The van der Waals surface area contributed by atoms with E-state index in [-0.39, 0.29) is 6.04 Å². The molecular formula is C14H19FN6O. The second kappa shape index (κ2) is 5.60. The van der Waals surface area contributed by atoms with Gasteiger partial charge in [0.1, 0.15) is 11.3 Å². The zero-order valence-corrected chi connectivity index (χ0v) is 12.6. The third kappa shape index (κ3) is 2.78. The summed E-state index contributed by atoms with van der Waals surface area (Å²) in [7, 11) is 0. The zero-order valence-electron chi connectivity index (χ0n) is 12.6. The van der Waals surface area contributed by atoms with Crippen molar-refractivity contribution in [1.82, 2.24) is 25.0 Å². The molecule has 0 radical (unpaired) electrons. The summed E-state index contributed by atoms with van der Waals surface area (Å²) in [5.74, 6) is -0.0633. The lowest BCUT2D eigenvalue weighted by molar-refractivity contribution is 0.0172. The van der Waals surface area contributed by atoms with Gasteiger partial charge in [0.05, 0.1) is 25.1 Å². The van der Waals surface area contributed by atoms with Crippen LogP contribution in [0.5, 0.6) is 0 Å². The summed E-state index contributed by atoms with van der Waals surface area (Å²) in [6, 6.07) is 0.185. The maximum absolute atomic E-state index is 12.9. The maximum atomic E-state index is 12.9. The highest BCUT2D eigenvalue weighted by atomic mass is 19.1. The summed E-state index contributed by atoms with van der Waals surface area (Å²) in [6.07, 6.45) is 5.41. The molecule has 1 aliphatic rings. The van der Waals surface area contributed by atoms with Gasteiger partial charge < -0.3 is 10.0 Å². The summed E-state index contributed by atoms with van der Waals surface area (Å²) in [5.41, 5.74) is -0.545. The summed E-state index contributed by atoms with van der Waals surface area (Å²) >= 11 is 0. The molecule has 22 heavy (non-hydrogen) atoms. The number of hydrogen-bond acceptors (Lipinski definition) is 6. The number of nitrogens with zero attached hydrogens (tertiary/aromatic N) is 6. The van der Waals surface area contributed by atoms with Crippen molar-refractivity contribution in [3.8, 4) is 0 Å². The van der Waals surface area contributed by atoms with Gasteiger partial charge in [-0.15, -0.1) is 5.10 Å². The number of hydrogen-bond donors (Lipinski definition) is 1. The Labute approximate surface area is 127 Å². The fraction of sp³-hybridized carbons (Fsp3) is 0.571. The normalized spacial score (nSPS) is 22.3. The van der Waals surface area contributed by atoms with Crippen LogP contribution in [0.25, 0.3) is 0 Å². The van der Waals surface area contributed by atoms with E-state index in [0.717, 1.165) is 18.8 Å². The number of aromatic nitrogens is 5. The van der Waals surface area contributed by atoms with Crippen LogP contribution < -0.4 is 4.90 Å². The third-order valence-electron chi connectivity index (χ3n) is 3.88. The second-order valence-corrected chi connectivity index (χ2v) is 5.94. The highest BCUT2D eigenvalue weighted by molar-refractivity contribution is 5.32. The standard InChI is InChI=1S/C14H19FN6O/c1-10(2)21-8-12(18-19-21)14(22)4-3-5-20(9-14)13-16-6-11(15)7-17-13/h6-8,10,22H,3-5,9H2,1-2H3. The van der Waals surface area contributed by atoms with E-state index in [1.165, 1.54) is 0 Å². The Morgan fingerprint density at radius 1 is 1.32 bits per heavy atom. The van der Waals surface area contributed by atoms with Crippen LogP contribution in [0.15, 0.2) is 18.6 Å². The van der Waals surface area contributed by atoms with E-state index in [0.29, 0.717) is 31.2 Å². The largest absolute Gasteiger partial charge is 0.382 e. The van der Waals surface area contributed by atoms with Gasteiger partial charge in [-0.1, -0.05) is 5.21 Å². The molecule has 3 rings (SSSR count). The van der Waals surface area contributed by atoms with Gasteiger partial charge in [0.25, 0.3) is 0 Å². The minimum absolute atomic E-state index is 0.185. The monoisotopic (exact) mass is 306 g/mol. The van der Waals surface area contributed by atoms with Crippen LogP contribution in [0.4, 0.5) is 10.3 Å². The lowest BCUT2D eigenvalue weighted by Gasteiger charge is -2.37. The van der Waals surface area contributed by atoms with Crippen LogP contribution in [-0.4, -0.2) is 43.2 Å². The topological polar surface area (TPSA) is 80.0 Å². The lowest BCUT2D eigenvalue weighted by atomic mass is 9.90. The predicted octanol–water partition coefficient (Wildman–Crippen LogP) is 1.28. The molecule has 8 heteroatoms. The molecule has 1 fully saturated rings. The molecule has 0 bridgehead atoms. The van der Waals surface area contributed by atoms with Crippen LogP contribution in [0, 0.1) is 5.82 Å². The molecule has 0 amide bonds. The minimum Gasteiger partial charge on any atom is -0.382 e. The van der Waals surface area contributed by atoms with E-state index in [2.05, 4.69) is 20.3 Å². The van der Waals surface area contributed by atoms with Crippen LogP contribution in [-0.2, 0) is 5.60 Å². The first-order valence-electron chi connectivity index (χ1n) is 7.35. The number of halogens is 1. The Balaban J connectivity index is 1.82. The first-order valence-corrected chi connectivity index (χ1v) is 7.35. The quantitative estimate of drug-likeness (QED) is 0.920. The number of aliphatic hydroxyl groups is 1. The van der Waals surface area contributed by atoms with E-state index < -0.39 is 11.4 Å². The smallest absolute Gasteiger partial charge is 0.225 e. The number of piperidine rings is 1. The van der Waals surface area contributed by atoms with Crippen molar-refractivity contribution in [3.05, 3.63) is 30.1 Å². The summed E-state index contributed by atoms with van der Waals surface area (Å²) < 4.78 is 14.7. The summed E-state index contributed by atoms with van der Waals surface area (Å²) in [6.45, 7) is 5.03. The fourth-order valence-electron chi connectivity index (χ4n) is 2.63. The molecule has 0 spiro atoms. The molecule has 1 aliphatic heterocycles. The highest BCUT2D eigenvalue weighted by Crippen LogP contribution is 2.31. The molecular weight excluding hydrogens is 287 g/mol. The second-order valence-electron chi connectivity index (χ2n) is 5.94. The van der Waals surface area contributed by atoms with Gasteiger partial charge in [0, 0.05) is 12.6 Å². The maximum Gasteiger partial charge on any atom is 0.225 e. The average Bonchev–Trinajstić information content (AvgIpc) is 2.99. The molecule has 2 aromatic heterocycles. The van der Waals surface area contributed by atoms with E-state index in [1.54, 1.807) is 10.9 Å². The molecule has 118 valence electrons. The van der Waals surface area contributed by atoms with Crippen LogP contribution >= 0.6 is 0 Å². The Kier molecular flexibility index (Phi) is 3.78. The van der Waals surface area contributed by atoms with Crippen molar-refractivity contribution < 1.29 is 9.50 Å². The molecule has 3 heterocycles. The Bertz CT molecular complexity index is 643. The van der Waals surface area contributed by atoms with Gasteiger partial charge >= 0.3 is 0 Å². The van der Waals surface area contributed by atoms with E-state index in [9.17, 15) is 9.50 Å². The molecule has 7 nitrogen and oxygen atoms in total. The van der Waals surface area contributed by atoms with Gasteiger partial charge in [0.15, 0.2) is 5.82 Å². The van der Waals surface area contributed by atoms with E-state index >= 15 is 0 Å². The summed E-state index contributed by atoms with van der Waals surface area (Å²) in [5, 5.41) is 19.1. The summed E-state index contributed by atoms with van der Waals surface area (Å²) in [4.78, 5) is 9.81. The molecule has 0 saturated carbocycles. The third-order valence-corrected chi connectivity index (χ3v) is 3.88. The van der Waals surface area contributed by atoms with Gasteiger partial charge in [-0.2, -0.15) is 0 Å².